The van der Waals surface area contributed by atoms with Crippen molar-refractivity contribution in [3.63, 3.8) is 0 Å². The molecule has 0 spiro atoms. The normalized spacial score (nSPS) is 21.2. The summed E-state index contributed by atoms with van der Waals surface area (Å²) in [5.41, 5.74) is 3.70. The van der Waals surface area contributed by atoms with E-state index in [2.05, 4.69) is 11.5 Å². The Morgan fingerprint density at radius 2 is 2.40 bits per heavy atom. The lowest BCUT2D eigenvalue weighted by Crippen LogP contribution is -2.40. The van der Waals surface area contributed by atoms with E-state index in [0.717, 1.165) is 12.1 Å². The summed E-state index contributed by atoms with van der Waals surface area (Å²) < 4.78 is 5.66. The number of benzene rings is 1. The fourth-order valence-corrected chi connectivity index (χ4v) is 2.35. The Morgan fingerprint density at radius 1 is 1.60 bits per heavy atom. The number of nitrogens with two attached hydrogens (primary N) is 1. The molecule has 2 unspecified atom stereocenters. The van der Waals surface area contributed by atoms with Crippen molar-refractivity contribution in [2.24, 2.45) is 5.84 Å². The van der Waals surface area contributed by atoms with Crippen LogP contribution in [0.5, 0.6) is 0 Å². The van der Waals surface area contributed by atoms with Crippen LogP contribution in [0.1, 0.15) is 18.4 Å². The van der Waals surface area contributed by atoms with E-state index in [1.807, 2.05) is 30.1 Å². The number of amides is 1. The molecular weight excluding hydrogens is 256 g/mol. The standard InChI is InChI=1S/C14H18N4O2/c1-18(11-4-2-3-10(7-11)8-15)9-12-5-6-13(20-12)14(19)17-16/h2-4,7,12-13H,5-6,9,16H2,1H3,(H,17,19). The monoisotopic (exact) mass is 274 g/mol. The van der Waals surface area contributed by atoms with Gasteiger partial charge in [-0.15, -0.1) is 0 Å². The highest BCUT2D eigenvalue weighted by Gasteiger charge is 2.30. The molecule has 3 N–H and O–H groups in total. The molecule has 2 rings (SSSR count). The largest absolute Gasteiger partial charge is 0.372 e. The summed E-state index contributed by atoms with van der Waals surface area (Å²) in [6.45, 7) is 0.670. The van der Waals surface area contributed by atoms with E-state index in [1.54, 1.807) is 6.07 Å². The minimum atomic E-state index is -0.455. The molecule has 1 saturated heterocycles. The molecular formula is C14H18N4O2. The molecule has 1 aromatic carbocycles. The molecule has 0 bridgehead atoms. The predicted octanol–water partition coefficient (Wildman–Crippen LogP) is 0.532. The van der Waals surface area contributed by atoms with Gasteiger partial charge in [0.05, 0.1) is 17.7 Å². The number of likely N-dealkylation sites (N-methyl/N-ethyl adjacent to an activating group) is 1. The van der Waals surface area contributed by atoms with Crippen molar-refractivity contribution >= 4 is 11.6 Å². The third-order valence-electron chi connectivity index (χ3n) is 3.44. The van der Waals surface area contributed by atoms with Crippen LogP contribution in [-0.2, 0) is 9.53 Å². The van der Waals surface area contributed by atoms with Crippen LogP contribution < -0.4 is 16.2 Å². The van der Waals surface area contributed by atoms with Crippen molar-refractivity contribution in [2.45, 2.75) is 25.0 Å². The van der Waals surface area contributed by atoms with Crippen LogP contribution in [0.2, 0.25) is 0 Å². The zero-order chi connectivity index (χ0) is 14.5. The van der Waals surface area contributed by atoms with Gasteiger partial charge >= 0.3 is 0 Å². The molecule has 1 aliphatic rings. The van der Waals surface area contributed by atoms with E-state index in [4.69, 9.17) is 15.8 Å². The van der Waals surface area contributed by atoms with Crippen LogP contribution in [0, 0.1) is 11.3 Å². The van der Waals surface area contributed by atoms with Gasteiger partial charge in [0, 0.05) is 19.3 Å². The third-order valence-corrected chi connectivity index (χ3v) is 3.44. The second-order valence-corrected chi connectivity index (χ2v) is 4.88. The van der Waals surface area contributed by atoms with E-state index in [-0.39, 0.29) is 12.0 Å². The van der Waals surface area contributed by atoms with E-state index < -0.39 is 6.10 Å². The number of nitrogens with one attached hydrogen (secondary N) is 1. The predicted molar refractivity (Wildman–Crippen MR) is 74.7 cm³/mol. The molecule has 6 nitrogen and oxygen atoms in total. The van der Waals surface area contributed by atoms with Crippen LogP contribution in [0.25, 0.3) is 0 Å². The first-order valence-electron chi connectivity index (χ1n) is 6.51. The van der Waals surface area contributed by atoms with Crippen molar-refractivity contribution in [3.05, 3.63) is 29.8 Å². The SMILES string of the molecule is CN(CC1CCC(C(=O)NN)O1)c1cccc(C#N)c1. The Morgan fingerprint density at radius 3 is 3.10 bits per heavy atom. The van der Waals surface area contributed by atoms with Gasteiger partial charge < -0.3 is 9.64 Å². The minimum Gasteiger partial charge on any atom is -0.372 e. The average molecular weight is 274 g/mol. The highest BCUT2D eigenvalue weighted by Crippen LogP contribution is 2.22. The molecule has 106 valence electrons. The zero-order valence-corrected chi connectivity index (χ0v) is 11.4. The first-order valence-corrected chi connectivity index (χ1v) is 6.51. The highest BCUT2D eigenvalue weighted by molar-refractivity contribution is 5.80. The molecule has 1 amide bonds. The van der Waals surface area contributed by atoms with Crippen molar-refractivity contribution < 1.29 is 9.53 Å². The van der Waals surface area contributed by atoms with Crippen molar-refractivity contribution in [1.82, 2.24) is 5.43 Å². The molecule has 1 aromatic rings. The summed E-state index contributed by atoms with van der Waals surface area (Å²) in [6.07, 6.45) is 1.04. The number of nitrogens with zero attached hydrogens (tertiary/aromatic N) is 2. The molecule has 6 heteroatoms. The van der Waals surface area contributed by atoms with Gasteiger partial charge in [-0.3, -0.25) is 10.2 Å². The van der Waals surface area contributed by atoms with Crippen LogP contribution in [0.15, 0.2) is 24.3 Å². The molecule has 1 heterocycles. The van der Waals surface area contributed by atoms with Gasteiger partial charge in [-0.2, -0.15) is 5.26 Å². The van der Waals surface area contributed by atoms with E-state index >= 15 is 0 Å². The second kappa shape index (κ2) is 6.37. The lowest BCUT2D eigenvalue weighted by molar-refractivity contribution is -0.131. The molecule has 0 saturated carbocycles. The summed E-state index contributed by atoms with van der Waals surface area (Å²) in [6, 6.07) is 9.52. The average Bonchev–Trinajstić information content (AvgIpc) is 2.95. The topological polar surface area (TPSA) is 91.4 Å². The zero-order valence-electron chi connectivity index (χ0n) is 11.4. The third kappa shape index (κ3) is 3.26. The number of carbonyl (C=O) groups excluding carboxylic acids is 1. The van der Waals surface area contributed by atoms with Gasteiger partial charge in [-0.1, -0.05) is 6.07 Å². The fourth-order valence-electron chi connectivity index (χ4n) is 2.35. The first-order chi connectivity index (χ1) is 9.63. The molecule has 2 atom stereocenters. The molecule has 20 heavy (non-hydrogen) atoms. The minimum absolute atomic E-state index is 0.00644. The smallest absolute Gasteiger partial charge is 0.263 e. The quantitative estimate of drug-likeness (QED) is 0.475. The number of anilines is 1. The van der Waals surface area contributed by atoms with Gasteiger partial charge in [-0.05, 0) is 31.0 Å². The Bertz CT molecular complexity index is 526. The number of nitriles is 1. The number of rotatable bonds is 4. The van der Waals surface area contributed by atoms with Gasteiger partial charge in [0.1, 0.15) is 6.10 Å². The highest BCUT2D eigenvalue weighted by atomic mass is 16.5. The molecule has 0 radical (unpaired) electrons. The second-order valence-electron chi connectivity index (χ2n) is 4.88. The Balaban J connectivity index is 1.94. The van der Waals surface area contributed by atoms with Crippen LogP contribution in [-0.4, -0.2) is 31.7 Å². The van der Waals surface area contributed by atoms with Crippen molar-refractivity contribution in [2.75, 3.05) is 18.5 Å². The summed E-state index contributed by atoms with van der Waals surface area (Å²) in [7, 11) is 1.94. The lowest BCUT2D eigenvalue weighted by Gasteiger charge is -2.23. The molecule has 0 aliphatic carbocycles. The number of carbonyl (C=O) groups is 1. The van der Waals surface area contributed by atoms with E-state index in [0.29, 0.717) is 18.5 Å². The Kier molecular flexibility index (Phi) is 4.56. The number of hydrazine groups is 1. The van der Waals surface area contributed by atoms with E-state index in [9.17, 15) is 4.79 Å². The maximum absolute atomic E-state index is 11.4. The molecule has 0 aromatic heterocycles. The summed E-state index contributed by atoms with van der Waals surface area (Å²) in [4.78, 5) is 13.4. The van der Waals surface area contributed by atoms with Gasteiger partial charge in [0.15, 0.2) is 0 Å². The first kappa shape index (κ1) is 14.3. The lowest BCUT2D eigenvalue weighted by atomic mass is 10.1. The van der Waals surface area contributed by atoms with Crippen LogP contribution in [0.3, 0.4) is 0 Å². The van der Waals surface area contributed by atoms with Crippen LogP contribution in [0.4, 0.5) is 5.69 Å². The van der Waals surface area contributed by atoms with Crippen molar-refractivity contribution in [3.8, 4) is 6.07 Å². The summed E-state index contributed by atoms with van der Waals surface area (Å²) >= 11 is 0. The summed E-state index contributed by atoms with van der Waals surface area (Å²) in [5, 5.41) is 8.90. The maximum Gasteiger partial charge on any atom is 0.263 e. The molecule has 1 aliphatic heterocycles. The van der Waals surface area contributed by atoms with E-state index in [1.165, 1.54) is 0 Å². The fraction of sp³-hybridized carbons (Fsp3) is 0.429. The van der Waals surface area contributed by atoms with Crippen LogP contribution >= 0.6 is 0 Å². The Hall–Kier alpha value is -2.10. The van der Waals surface area contributed by atoms with Gasteiger partial charge in [-0.25, -0.2) is 5.84 Å². The maximum atomic E-state index is 11.4. The number of hydrogen-bond donors (Lipinski definition) is 2. The number of hydrogen-bond acceptors (Lipinski definition) is 5. The number of ether oxygens (including phenoxy) is 1. The Labute approximate surface area is 118 Å². The van der Waals surface area contributed by atoms with Gasteiger partial charge in [0.25, 0.3) is 5.91 Å². The molecule has 1 fully saturated rings. The van der Waals surface area contributed by atoms with Crippen molar-refractivity contribution in [1.29, 1.82) is 5.26 Å². The van der Waals surface area contributed by atoms with Gasteiger partial charge in [0.2, 0.25) is 0 Å². The summed E-state index contributed by atoms with van der Waals surface area (Å²) in [5.74, 6) is 4.82.